The van der Waals surface area contributed by atoms with E-state index in [1.165, 1.54) is 0 Å². The van der Waals surface area contributed by atoms with Gasteiger partial charge in [-0.1, -0.05) is 11.6 Å². The van der Waals surface area contributed by atoms with Gasteiger partial charge >= 0.3 is 6.36 Å². The highest BCUT2D eigenvalue weighted by Gasteiger charge is 2.33. The fourth-order valence-electron chi connectivity index (χ4n) is 0.783. The molecule has 0 aromatic carbocycles. The van der Waals surface area contributed by atoms with E-state index in [9.17, 15) is 17.6 Å². The summed E-state index contributed by atoms with van der Waals surface area (Å²) in [6.07, 6.45) is -4.15. The number of halogens is 5. The number of nitrogens with zero attached hydrogens (tertiary/aromatic N) is 1. The van der Waals surface area contributed by atoms with Crippen LogP contribution in [0.5, 0.6) is 5.75 Å². The van der Waals surface area contributed by atoms with Gasteiger partial charge in [-0.3, -0.25) is 0 Å². The number of aromatic nitrogens is 1. The Morgan fingerprint density at radius 3 is 2.50 bits per heavy atom. The van der Waals surface area contributed by atoms with Crippen LogP contribution in [0.25, 0.3) is 0 Å². The van der Waals surface area contributed by atoms with Crippen LogP contribution in [-0.2, 0) is 0 Å². The van der Waals surface area contributed by atoms with Crippen LogP contribution in [0.1, 0.15) is 5.56 Å². The van der Waals surface area contributed by atoms with Crippen LogP contribution >= 0.6 is 11.6 Å². The van der Waals surface area contributed by atoms with Crippen molar-refractivity contribution in [3.63, 3.8) is 0 Å². The average molecular weight is 230 g/mol. The number of hydrogen-bond donors (Lipinski definition) is 0. The minimum Gasteiger partial charge on any atom is -0.404 e. The molecular weight excluding hydrogens is 226 g/mol. The van der Waals surface area contributed by atoms with E-state index in [1.54, 1.807) is 0 Å². The molecule has 0 fully saturated rings. The Balaban J connectivity index is 3.13. The van der Waals surface area contributed by atoms with Crippen LogP contribution in [0.15, 0.2) is 6.20 Å². The molecule has 2 nitrogen and oxygen atoms in total. The summed E-state index contributed by atoms with van der Waals surface area (Å²) < 4.78 is 51.7. The molecule has 0 aliphatic rings. The standard InChI is InChI=1S/C7H4ClF4NO/c1-3-5(14-7(10,11)12)4(8)2-13-6(3)9/h2H,1H3. The molecule has 0 saturated carbocycles. The normalized spacial score (nSPS) is 11.6. The van der Waals surface area contributed by atoms with Gasteiger partial charge in [0.1, 0.15) is 5.02 Å². The molecule has 0 radical (unpaired) electrons. The van der Waals surface area contributed by atoms with Crippen molar-refractivity contribution in [1.82, 2.24) is 4.98 Å². The molecule has 1 heterocycles. The molecule has 0 atom stereocenters. The summed E-state index contributed by atoms with van der Waals surface area (Å²) in [6, 6.07) is 0. The summed E-state index contributed by atoms with van der Waals surface area (Å²) in [5.74, 6) is -1.81. The van der Waals surface area contributed by atoms with Crippen molar-refractivity contribution < 1.29 is 22.3 Å². The van der Waals surface area contributed by atoms with Gasteiger partial charge in [0, 0.05) is 5.56 Å². The lowest BCUT2D eigenvalue weighted by Gasteiger charge is -2.12. The largest absolute Gasteiger partial charge is 0.573 e. The molecule has 1 aromatic heterocycles. The maximum absolute atomic E-state index is 12.7. The van der Waals surface area contributed by atoms with Crippen molar-refractivity contribution in [2.75, 3.05) is 0 Å². The number of hydrogen-bond acceptors (Lipinski definition) is 2. The van der Waals surface area contributed by atoms with Crippen molar-refractivity contribution in [1.29, 1.82) is 0 Å². The van der Waals surface area contributed by atoms with Crippen LogP contribution in [0, 0.1) is 12.9 Å². The first-order valence-electron chi connectivity index (χ1n) is 3.37. The number of pyridine rings is 1. The van der Waals surface area contributed by atoms with Gasteiger partial charge in [-0.15, -0.1) is 13.2 Å². The minimum absolute atomic E-state index is 0.380. The Bertz CT molecular complexity index is 352. The first-order valence-corrected chi connectivity index (χ1v) is 3.75. The van der Waals surface area contributed by atoms with E-state index < -0.39 is 18.1 Å². The summed E-state index contributed by atoms with van der Waals surface area (Å²) in [4.78, 5) is 3.12. The Morgan fingerprint density at radius 1 is 1.43 bits per heavy atom. The van der Waals surface area contributed by atoms with Crippen LogP contribution in [0.4, 0.5) is 17.6 Å². The van der Waals surface area contributed by atoms with E-state index in [1.807, 2.05) is 0 Å². The van der Waals surface area contributed by atoms with Crippen LogP contribution in [0.3, 0.4) is 0 Å². The lowest BCUT2D eigenvalue weighted by atomic mass is 10.3. The molecule has 14 heavy (non-hydrogen) atoms. The molecule has 0 saturated heterocycles. The van der Waals surface area contributed by atoms with Gasteiger partial charge < -0.3 is 4.74 Å². The zero-order valence-corrected chi connectivity index (χ0v) is 7.58. The number of alkyl halides is 3. The third-order valence-corrected chi connectivity index (χ3v) is 1.65. The first-order chi connectivity index (χ1) is 6.31. The van der Waals surface area contributed by atoms with Crippen LogP contribution in [-0.4, -0.2) is 11.3 Å². The van der Waals surface area contributed by atoms with E-state index in [2.05, 4.69) is 9.72 Å². The average Bonchev–Trinajstić information content (AvgIpc) is 2.04. The van der Waals surface area contributed by atoms with Crippen LogP contribution in [0.2, 0.25) is 5.02 Å². The molecule has 1 rings (SSSR count). The van der Waals surface area contributed by atoms with Gasteiger partial charge in [-0.05, 0) is 6.92 Å². The lowest BCUT2D eigenvalue weighted by Crippen LogP contribution is -2.18. The fraction of sp³-hybridized carbons (Fsp3) is 0.286. The molecular formula is C7H4ClF4NO. The fourth-order valence-corrected chi connectivity index (χ4v) is 1.01. The van der Waals surface area contributed by atoms with Gasteiger partial charge in [0.05, 0.1) is 6.20 Å². The summed E-state index contributed by atoms with van der Waals surface area (Å²) in [6.45, 7) is 1.09. The van der Waals surface area contributed by atoms with E-state index >= 15 is 0 Å². The monoisotopic (exact) mass is 229 g/mol. The molecule has 1 aromatic rings. The second kappa shape index (κ2) is 3.61. The molecule has 0 unspecified atom stereocenters. The molecule has 0 aliphatic heterocycles. The Kier molecular flexibility index (Phi) is 2.84. The highest BCUT2D eigenvalue weighted by molar-refractivity contribution is 6.32. The van der Waals surface area contributed by atoms with Crippen molar-refractivity contribution in [3.05, 3.63) is 22.7 Å². The summed E-state index contributed by atoms with van der Waals surface area (Å²) >= 11 is 5.35. The van der Waals surface area contributed by atoms with Gasteiger partial charge in [-0.2, -0.15) is 4.39 Å². The highest BCUT2D eigenvalue weighted by Crippen LogP contribution is 2.33. The molecule has 0 aliphatic carbocycles. The third-order valence-electron chi connectivity index (χ3n) is 1.38. The zero-order chi connectivity index (χ0) is 10.9. The van der Waals surface area contributed by atoms with Gasteiger partial charge in [0.2, 0.25) is 5.95 Å². The quantitative estimate of drug-likeness (QED) is 0.545. The van der Waals surface area contributed by atoms with Crippen LogP contribution < -0.4 is 4.74 Å². The van der Waals surface area contributed by atoms with Crippen molar-refractivity contribution >= 4 is 11.6 Å². The van der Waals surface area contributed by atoms with E-state index in [0.29, 0.717) is 0 Å². The predicted molar refractivity (Wildman–Crippen MR) is 40.6 cm³/mol. The van der Waals surface area contributed by atoms with E-state index in [-0.39, 0.29) is 10.6 Å². The molecule has 7 heteroatoms. The summed E-state index contributed by atoms with van der Waals surface area (Å²) in [5, 5.41) is -0.388. The SMILES string of the molecule is Cc1c(F)ncc(Cl)c1OC(F)(F)F. The molecule has 0 N–H and O–H groups in total. The van der Waals surface area contributed by atoms with Gasteiger partial charge in [-0.25, -0.2) is 4.98 Å². The predicted octanol–water partition coefficient (Wildman–Crippen LogP) is 3.08. The molecule has 0 bridgehead atoms. The van der Waals surface area contributed by atoms with Crippen molar-refractivity contribution in [2.24, 2.45) is 0 Å². The summed E-state index contributed by atoms with van der Waals surface area (Å²) in [5.41, 5.74) is -0.380. The second-order valence-electron chi connectivity index (χ2n) is 2.40. The molecule has 0 amide bonds. The Labute approximate surface area is 81.5 Å². The second-order valence-corrected chi connectivity index (χ2v) is 2.81. The number of rotatable bonds is 1. The van der Waals surface area contributed by atoms with E-state index in [0.717, 1.165) is 13.1 Å². The van der Waals surface area contributed by atoms with Crippen molar-refractivity contribution in [2.45, 2.75) is 13.3 Å². The third kappa shape index (κ3) is 2.47. The molecule has 0 spiro atoms. The lowest BCUT2D eigenvalue weighted by molar-refractivity contribution is -0.274. The van der Waals surface area contributed by atoms with Gasteiger partial charge in [0.15, 0.2) is 5.75 Å². The Hall–Kier alpha value is -1.04. The maximum Gasteiger partial charge on any atom is 0.573 e. The summed E-state index contributed by atoms with van der Waals surface area (Å²) in [7, 11) is 0. The topological polar surface area (TPSA) is 22.1 Å². The minimum atomic E-state index is -4.90. The number of ether oxygens (including phenoxy) is 1. The smallest absolute Gasteiger partial charge is 0.404 e. The van der Waals surface area contributed by atoms with Gasteiger partial charge in [0.25, 0.3) is 0 Å². The maximum atomic E-state index is 12.7. The zero-order valence-electron chi connectivity index (χ0n) is 6.82. The highest BCUT2D eigenvalue weighted by atomic mass is 35.5. The van der Waals surface area contributed by atoms with Crippen molar-refractivity contribution in [3.8, 4) is 5.75 Å². The Morgan fingerprint density at radius 2 is 2.00 bits per heavy atom. The van der Waals surface area contributed by atoms with E-state index in [4.69, 9.17) is 11.6 Å². The molecule has 78 valence electrons. The first kappa shape index (κ1) is 11.0.